The standard InChI is InChI=1S/C21H24N2O3S2/c1-4-16-5-11-19(12-6-16)28(24,25)22-14-13-20-15(2)23-21(27-20)17-7-9-18(26-3)10-8-17/h5-12,22H,4,13-14H2,1-3H3. The summed E-state index contributed by atoms with van der Waals surface area (Å²) < 4.78 is 32.8. The van der Waals surface area contributed by atoms with E-state index in [1.54, 1.807) is 30.6 Å². The highest BCUT2D eigenvalue weighted by Gasteiger charge is 2.15. The molecule has 7 heteroatoms. The first-order valence-electron chi connectivity index (χ1n) is 9.12. The van der Waals surface area contributed by atoms with Gasteiger partial charge in [-0.25, -0.2) is 18.1 Å². The molecule has 0 aliphatic rings. The van der Waals surface area contributed by atoms with E-state index < -0.39 is 10.0 Å². The van der Waals surface area contributed by atoms with Crippen LogP contribution in [0.4, 0.5) is 0 Å². The molecule has 0 bridgehead atoms. The predicted molar refractivity (Wildman–Crippen MR) is 114 cm³/mol. The Morgan fingerprint density at radius 2 is 1.75 bits per heavy atom. The third-order valence-corrected chi connectivity index (χ3v) is 7.26. The maximum absolute atomic E-state index is 12.5. The van der Waals surface area contributed by atoms with E-state index in [1.807, 2.05) is 50.2 Å². The van der Waals surface area contributed by atoms with Gasteiger partial charge in [0.25, 0.3) is 0 Å². The lowest BCUT2D eigenvalue weighted by Gasteiger charge is -2.07. The maximum atomic E-state index is 12.5. The number of aryl methyl sites for hydroxylation is 2. The molecule has 0 fully saturated rings. The van der Waals surface area contributed by atoms with Crippen LogP contribution in [0, 0.1) is 6.92 Å². The summed E-state index contributed by atoms with van der Waals surface area (Å²) in [7, 11) is -1.86. The largest absolute Gasteiger partial charge is 0.497 e. The van der Waals surface area contributed by atoms with Crippen molar-refractivity contribution in [1.29, 1.82) is 0 Å². The van der Waals surface area contributed by atoms with Gasteiger partial charge in [0.1, 0.15) is 10.8 Å². The number of aromatic nitrogens is 1. The molecule has 0 radical (unpaired) electrons. The highest BCUT2D eigenvalue weighted by molar-refractivity contribution is 7.89. The number of hydrogen-bond donors (Lipinski definition) is 1. The van der Waals surface area contributed by atoms with Crippen molar-refractivity contribution < 1.29 is 13.2 Å². The van der Waals surface area contributed by atoms with E-state index in [0.717, 1.165) is 38.9 Å². The minimum Gasteiger partial charge on any atom is -0.497 e. The molecule has 5 nitrogen and oxygen atoms in total. The van der Waals surface area contributed by atoms with Crippen LogP contribution in [0.2, 0.25) is 0 Å². The molecular formula is C21H24N2O3S2. The van der Waals surface area contributed by atoms with Gasteiger partial charge in [-0.3, -0.25) is 0 Å². The van der Waals surface area contributed by atoms with E-state index in [-0.39, 0.29) is 0 Å². The van der Waals surface area contributed by atoms with Crippen molar-refractivity contribution in [3.8, 4) is 16.3 Å². The Hall–Kier alpha value is -2.22. The lowest BCUT2D eigenvalue weighted by atomic mass is 10.2. The quantitative estimate of drug-likeness (QED) is 0.597. The number of ether oxygens (including phenoxy) is 1. The van der Waals surface area contributed by atoms with Gasteiger partial charge < -0.3 is 4.74 Å². The second-order valence-electron chi connectivity index (χ2n) is 6.40. The highest BCUT2D eigenvalue weighted by atomic mass is 32.2. The van der Waals surface area contributed by atoms with Crippen LogP contribution in [0.15, 0.2) is 53.4 Å². The Morgan fingerprint density at radius 1 is 1.07 bits per heavy atom. The van der Waals surface area contributed by atoms with E-state index in [1.165, 1.54) is 0 Å². The molecule has 0 unspecified atom stereocenters. The zero-order valence-electron chi connectivity index (χ0n) is 16.2. The van der Waals surface area contributed by atoms with E-state index in [2.05, 4.69) is 9.71 Å². The van der Waals surface area contributed by atoms with Crippen molar-refractivity contribution in [3.63, 3.8) is 0 Å². The molecule has 0 aliphatic carbocycles. The number of hydrogen-bond acceptors (Lipinski definition) is 5. The van der Waals surface area contributed by atoms with Crippen LogP contribution in [0.3, 0.4) is 0 Å². The van der Waals surface area contributed by atoms with Gasteiger partial charge in [0.05, 0.1) is 17.7 Å². The maximum Gasteiger partial charge on any atom is 0.240 e. The first-order valence-corrected chi connectivity index (χ1v) is 11.4. The molecule has 0 aliphatic heterocycles. The Kier molecular flexibility index (Phi) is 6.49. The average molecular weight is 417 g/mol. The van der Waals surface area contributed by atoms with Crippen molar-refractivity contribution in [3.05, 3.63) is 64.7 Å². The Labute approximate surface area is 170 Å². The summed E-state index contributed by atoms with van der Waals surface area (Å²) in [5.41, 5.74) is 3.07. The molecule has 1 N–H and O–H groups in total. The lowest BCUT2D eigenvalue weighted by molar-refractivity contribution is 0.415. The van der Waals surface area contributed by atoms with Crippen LogP contribution in [-0.4, -0.2) is 27.1 Å². The first kappa shape index (κ1) is 20.5. The summed E-state index contributed by atoms with van der Waals surface area (Å²) in [6.45, 7) is 4.33. The molecule has 0 spiro atoms. The van der Waals surface area contributed by atoms with Gasteiger partial charge in [0.15, 0.2) is 0 Å². The fourth-order valence-corrected chi connectivity index (χ4v) is 4.90. The molecule has 1 heterocycles. The van der Waals surface area contributed by atoms with Crippen LogP contribution in [0.5, 0.6) is 5.75 Å². The van der Waals surface area contributed by atoms with Gasteiger partial charge >= 0.3 is 0 Å². The lowest BCUT2D eigenvalue weighted by Crippen LogP contribution is -2.25. The smallest absolute Gasteiger partial charge is 0.240 e. The molecule has 0 atom stereocenters. The summed E-state index contributed by atoms with van der Waals surface area (Å²) in [5, 5.41) is 0.924. The molecule has 2 aromatic carbocycles. The van der Waals surface area contributed by atoms with Crippen LogP contribution < -0.4 is 9.46 Å². The molecule has 3 aromatic rings. The van der Waals surface area contributed by atoms with Gasteiger partial charge in [-0.15, -0.1) is 11.3 Å². The van der Waals surface area contributed by atoms with Gasteiger partial charge in [-0.1, -0.05) is 19.1 Å². The second-order valence-corrected chi connectivity index (χ2v) is 9.25. The van der Waals surface area contributed by atoms with Crippen molar-refractivity contribution >= 4 is 21.4 Å². The summed E-state index contributed by atoms with van der Waals surface area (Å²) in [6.07, 6.45) is 1.49. The first-order chi connectivity index (χ1) is 13.4. The molecule has 28 heavy (non-hydrogen) atoms. The van der Waals surface area contributed by atoms with Gasteiger partial charge in [-0.2, -0.15) is 0 Å². The molecule has 0 amide bonds. The van der Waals surface area contributed by atoms with Crippen molar-refractivity contribution in [2.45, 2.75) is 31.6 Å². The number of benzene rings is 2. The highest BCUT2D eigenvalue weighted by Crippen LogP contribution is 2.29. The van der Waals surface area contributed by atoms with E-state index in [9.17, 15) is 8.42 Å². The van der Waals surface area contributed by atoms with Crippen LogP contribution >= 0.6 is 11.3 Å². The SMILES string of the molecule is CCc1ccc(S(=O)(=O)NCCc2sc(-c3ccc(OC)cc3)nc2C)cc1. The Bertz CT molecular complexity index is 1020. The third kappa shape index (κ3) is 4.79. The number of methoxy groups -OCH3 is 1. The fourth-order valence-electron chi connectivity index (χ4n) is 2.80. The monoisotopic (exact) mass is 416 g/mol. The molecule has 1 aromatic heterocycles. The second kappa shape index (κ2) is 8.86. The van der Waals surface area contributed by atoms with Crippen molar-refractivity contribution in [2.75, 3.05) is 13.7 Å². The number of thiazole rings is 1. The molecule has 0 saturated carbocycles. The van der Waals surface area contributed by atoms with Crippen molar-refractivity contribution in [2.24, 2.45) is 0 Å². The number of nitrogens with zero attached hydrogens (tertiary/aromatic N) is 1. The predicted octanol–water partition coefficient (Wildman–Crippen LogP) is 4.21. The summed E-state index contributed by atoms with van der Waals surface area (Å²) >= 11 is 1.59. The van der Waals surface area contributed by atoms with E-state index >= 15 is 0 Å². The average Bonchev–Trinajstić information content (AvgIpc) is 3.08. The zero-order chi connectivity index (χ0) is 20.1. The minimum absolute atomic E-state index is 0.296. The van der Waals surface area contributed by atoms with Crippen molar-refractivity contribution in [1.82, 2.24) is 9.71 Å². The molecule has 3 rings (SSSR count). The Morgan fingerprint density at radius 3 is 2.36 bits per heavy atom. The molecule has 148 valence electrons. The third-order valence-electron chi connectivity index (χ3n) is 4.52. The summed E-state index contributed by atoms with van der Waals surface area (Å²) in [6, 6.07) is 14.8. The van der Waals surface area contributed by atoms with Crippen LogP contribution in [0.25, 0.3) is 10.6 Å². The topological polar surface area (TPSA) is 68.3 Å². The van der Waals surface area contributed by atoms with Gasteiger partial charge in [0, 0.05) is 17.0 Å². The zero-order valence-corrected chi connectivity index (χ0v) is 17.9. The number of rotatable bonds is 8. The number of sulfonamides is 1. The summed E-state index contributed by atoms with van der Waals surface area (Å²) in [4.78, 5) is 6.00. The van der Waals surface area contributed by atoms with Gasteiger partial charge in [-0.05, 0) is 61.7 Å². The fraction of sp³-hybridized carbons (Fsp3) is 0.286. The minimum atomic E-state index is -3.50. The van der Waals surface area contributed by atoms with Gasteiger partial charge in [0.2, 0.25) is 10.0 Å². The summed E-state index contributed by atoms with van der Waals surface area (Å²) in [5.74, 6) is 0.804. The van der Waals surface area contributed by atoms with E-state index in [0.29, 0.717) is 17.9 Å². The molecular weight excluding hydrogens is 392 g/mol. The van der Waals surface area contributed by atoms with Crippen LogP contribution in [0.1, 0.15) is 23.1 Å². The normalized spacial score (nSPS) is 11.5. The van der Waals surface area contributed by atoms with Crippen LogP contribution in [-0.2, 0) is 22.9 Å². The molecule has 0 saturated heterocycles. The Balaban J connectivity index is 1.64. The van der Waals surface area contributed by atoms with E-state index in [4.69, 9.17) is 4.74 Å². The number of nitrogens with one attached hydrogen (secondary N) is 1.